The highest BCUT2D eigenvalue weighted by molar-refractivity contribution is 5.84. The Hall–Kier alpha value is -1.86. The van der Waals surface area contributed by atoms with Crippen LogP contribution in [0.25, 0.3) is 4.85 Å². The zero-order valence-corrected chi connectivity index (χ0v) is 8.86. The smallest absolute Gasteiger partial charge is 0.242 e. The highest BCUT2D eigenvalue weighted by atomic mass is 16.2. The molecule has 0 spiro atoms. The van der Waals surface area contributed by atoms with Gasteiger partial charge in [-0.25, -0.2) is 6.57 Å². The summed E-state index contributed by atoms with van der Waals surface area (Å²) < 4.78 is 0. The number of hydrogen-bond acceptors (Lipinski definition) is 2. The number of benzene rings is 1. The molecule has 0 bridgehead atoms. The van der Waals surface area contributed by atoms with Crippen molar-refractivity contribution in [2.24, 2.45) is 0 Å². The maximum atomic E-state index is 11.8. The van der Waals surface area contributed by atoms with Crippen molar-refractivity contribution in [2.45, 2.75) is 12.6 Å². The number of rotatable bonds is 3. The van der Waals surface area contributed by atoms with Crippen molar-refractivity contribution in [1.29, 1.82) is 0 Å². The average Bonchev–Trinajstić information content (AvgIpc) is 2.73. The van der Waals surface area contributed by atoms with Gasteiger partial charge in [-0.15, -0.1) is 0 Å². The summed E-state index contributed by atoms with van der Waals surface area (Å²) in [5, 5.41) is 5.91. The van der Waals surface area contributed by atoms with E-state index in [2.05, 4.69) is 15.5 Å². The first-order valence-corrected chi connectivity index (χ1v) is 5.25. The van der Waals surface area contributed by atoms with E-state index >= 15 is 0 Å². The number of hydrogen-bond donors (Lipinski definition) is 2. The standard InChI is InChI=1S/C12H13N3O/c1-13-6-7-14-12(16)11-10-5-3-2-4-9(10)8-15-11/h2-5,11,15H,6-8H2,(H,14,16). The summed E-state index contributed by atoms with van der Waals surface area (Å²) in [5.74, 6) is -0.0476. The van der Waals surface area contributed by atoms with Gasteiger partial charge in [-0.3, -0.25) is 10.1 Å². The van der Waals surface area contributed by atoms with E-state index in [-0.39, 0.29) is 11.9 Å². The molecule has 0 saturated heterocycles. The molecule has 0 radical (unpaired) electrons. The molecular weight excluding hydrogens is 202 g/mol. The summed E-state index contributed by atoms with van der Waals surface area (Å²) in [6.07, 6.45) is 0. The number of nitrogens with zero attached hydrogens (tertiary/aromatic N) is 1. The summed E-state index contributed by atoms with van der Waals surface area (Å²) in [7, 11) is 0. The Balaban J connectivity index is 2.02. The first-order chi connectivity index (χ1) is 7.83. The highest BCUT2D eigenvalue weighted by Crippen LogP contribution is 2.24. The molecular formula is C12H13N3O. The third-order valence-electron chi connectivity index (χ3n) is 2.65. The second kappa shape index (κ2) is 4.77. The molecule has 1 atom stereocenters. The molecule has 82 valence electrons. The van der Waals surface area contributed by atoms with E-state index in [1.807, 2.05) is 24.3 Å². The fraction of sp³-hybridized carbons (Fsp3) is 0.333. The SMILES string of the molecule is [C-]#[N+]CCNC(=O)C1NCc2ccccc21. The van der Waals surface area contributed by atoms with Crippen molar-refractivity contribution < 1.29 is 4.79 Å². The third-order valence-corrected chi connectivity index (χ3v) is 2.65. The number of carbonyl (C=O) groups is 1. The maximum absolute atomic E-state index is 11.8. The van der Waals surface area contributed by atoms with Crippen LogP contribution in [0.5, 0.6) is 0 Å². The van der Waals surface area contributed by atoms with Gasteiger partial charge in [0.05, 0.1) is 6.54 Å². The van der Waals surface area contributed by atoms with Crippen LogP contribution in [-0.4, -0.2) is 19.0 Å². The van der Waals surface area contributed by atoms with Crippen molar-refractivity contribution in [3.8, 4) is 0 Å². The van der Waals surface area contributed by atoms with Gasteiger partial charge in [0.2, 0.25) is 12.5 Å². The molecule has 1 unspecified atom stereocenters. The minimum Gasteiger partial charge on any atom is -0.347 e. The quantitative estimate of drug-likeness (QED) is 0.580. The van der Waals surface area contributed by atoms with Crippen LogP contribution in [-0.2, 0) is 11.3 Å². The van der Waals surface area contributed by atoms with Gasteiger partial charge in [-0.05, 0) is 11.1 Å². The van der Waals surface area contributed by atoms with Gasteiger partial charge < -0.3 is 10.2 Å². The Kier molecular flexibility index (Phi) is 3.18. The third kappa shape index (κ3) is 2.05. The van der Waals surface area contributed by atoms with Crippen molar-refractivity contribution >= 4 is 5.91 Å². The van der Waals surface area contributed by atoms with Crippen molar-refractivity contribution in [2.75, 3.05) is 13.1 Å². The molecule has 1 aliphatic heterocycles. The predicted octanol–water partition coefficient (Wildman–Crippen LogP) is 0.866. The van der Waals surface area contributed by atoms with Gasteiger partial charge in [-0.1, -0.05) is 24.3 Å². The fourth-order valence-electron chi connectivity index (χ4n) is 1.87. The number of amides is 1. The van der Waals surface area contributed by atoms with Crippen LogP contribution in [0.4, 0.5) is 0 Å². The Morgan fingerprint density at radius 2 is 2.38 bits per heavy atom. The van der Waals surface area contributed by atoms with Crippen LogP contribution in [0.2, 0.25) is 0 Å². The van der Waals surface area contributed by atoms with Gasteiger partial charge in [0, 0.05) is 6.54 Å². The molecule has 16 heavy (non-hydrogen) atoms. The molecule has 0 saturated carbocycles. The van der Waals surface area contributed by atoms with E-state index in [4.69, 9.17) is 6.57 Å². The normalized spacial score (nSPS) is 17.6. The molecule has 0 fully saturated rings. The molecule has 4 heteroatoms. The zero-order valence-electron chi connectivity index (χ0n) is 8.86. The van der Waals surface area contributed by atoms with Crippen molar-refractivity contribution in [1.82, 2.24) is 10.6 Å². The molecule has 4 nitrogen and oxygen atoms in total. The highest BCUT2D eigenvalue weighted by Gasteiger charge is 2.27. The Bertz CT molecular complexity index is 436. The molecule has 1 amide bonds. The van der Waals surface area contributed by atoms with Crippen molar-refractivity contribution in [3.05, 3.63) is 46.8 Å². The van der Waals surface area contributed by atoms with E-state index in [0.29, 0.717) is 13.1 Å². The molecule has 1 heterocycles. The summed E-state index contributed by atoms with van der Waals surface area (Å²) >= 11 is 0. The van der Waals surface area contributed by atoms with Crippen LogP contribution < -0.4 is 10.6 Å². The number of fused-ring (bicyclic) bond motifs is 1. The first-order valence-electron chi connectivity index (χ1n) is 5.25. The Morgan fingerprint density at radius 3 is 3.19 bits per heavy atom. The minimum atomic E-state index is -0.262. The number of carbonyl (C=O) groups excluding carboxylic acids is 1. The maximum Gasteiger partial charge on any atom is 0.242 e. The second-order valence-corrected chi connectivity index (χ2v) is 3.69. The Labute approximate surface area is 94.5 Å². The summed E-state index contributed by atoms with van der Waals surface area (Å²) in [6.45, 7) is 8.12. The monoisotopic (exact) mass is 215 g/mol. The lowest BCUT2D eigenvalue weighted by Gasteiger charge is -2.10. The van der Waals surface area contributed by atoms with Crippen LogP contribution in [0.15, 0.2) is 24.3 Å². The first kappa shape index (κ1) is 10.7. The fourth-order valence-corrected chi connectivity index (χ4v) is 1.87. The topological polar surface area (TPSA) is 45.5 Å². The van der Waals surface area contributed by atoms with E-state index < -0.39 is 0 Å². The van der Waals surface area contributed by atoms with Gasteiger partial charge >= 0.3 is 0 Å². The van der Waals surface area contributed by atoms with E-state index in [1.54, 1.807) is 0 Å². The molecule has 2 rings (SSSR count). The average molecular weight is 215 g/mol. The van der Waals surface area contributed by atoms with Gasteiger partial charge in [0.25, 0.3) is 0 Å². The van der Waals surface area contributed by atoms with Crippen LogP contribution in [0, 0.1) is 6.57 Å². The lowest BCUT2D eigenvalue weighted by atomic mass is 10.0. The van der Waals surface area contributed by atoms with Crippen LogP contribution in [0.1, 0.15) is 17.2 Å². The largest absolute Gasteiger partial charge is 0.347 e. The predicted molar refractivity (Wildman–Crippen MR) is 60.5 cm³/mol. The second-order valence-electron chi connectivity index (χ2n) is 3.69. The minimum absolute atomic E-state index is 0.0476. The molecule has 0 aromatic heterocycles. The lowest BCUT2D eigenvalue weighted by Crippen LogP contribution is -2.35. The molecule has 0 aliphatic carbocycles. The summed E-state index contributed by atoms with van der Waals surface area (Å²) in [6, 6.07) is 7.63. The van der Waals surface area contributed by atoms with E-state index in [9.17, 15) is 4.79 Å². The molecule has 1 aliphatic rings. The van der Waals surface area contributed by atoms with Gasteiger partial charge in [0.15, 0.2) is 0 Å². The van der Waals surface area contributed by atoms with E-state index in [0.717, 1.165) is 12.1 Å². The summed E-state index contributed by atoms with van der Waals surface area (Å²) in [4.78, 5) is 15.0. The van der Waals surface area contributed by atoms with Crippen LogP contribution in [0.3, 0.4) is 0 Å². The summed E-state index contributed by atoms with van der Waals surface area (Å²) in [5.41, 5.74) is 2.22. The lowest BCUT2D eigenvalue weighted by molar-refractivity contribution is -0.123. The van der Waals surface area contributed by atoms with Crippen molar-refractivity contribution in [3.63, 3.8) is 0 Å². The Morgan fingerprint density at radius 1 is 1.56 bits per heavy atom. The van der Waals surface area contributed by atoms with Crippen LogP contribution >= 0.6 is 0 Å². The molecule has 1 aromatic rings. The number of nitrogens with one attached hydrogen (secondary N) is 2. The zero-order chi connectivity index (χ0) is 11.4. The van der Waals surface area contributed by atoms with Gasteiger partial charge in [0.1, 0.15) is 6.04 Å². The van der Waals surface area contributed by atoms with E-state index in [1.165, 1.54) is 5.56 Å². The molecule has 1 aromatic carbocycles. The molecule has 2 N–H and O–H groups in total. The van der Waals surface area contributed by atoms with Gasteiger partial charge in [-0.2, -0.15) is 0 Å².